The van der Waals surface area contributed by atoms with Gasteiger partial charge in [-0.2, -0.15) is 0 Å². The topological polar surface area (TPSA) is 148 Å². The number of hydrogen-bond donors (Lipinski definition) is 5. The standard InChI is InChI=1S/C32H39N3O7/c1-20-9-6-7-12-25(20)33-29(39)27(24-11-8-10-21(2)28(24)38)35(17-18-36)30(40)26(34-31(41)42-32(3,4)5)19-22-13-15-23(37)16-14-22/h6-16,26-27,36-38H,17-19H2,1-5H3,(H,33,39)(H,34,41). The minimum Gasteiger partial charge on any atom is -0.508 e. The summed E-state index contributed by atoms with van der Waals surface area (Å²) in [5.41, 5.74) is 1.72. The third-order valence-corrected chi connectivity index (χ3v) is 6.52. The van der Waals surface area contributed by atoms with Gasteiger partial charge in [-0.25, -0.2) is 4.79 Å². The van der Waals surface area contributed by atoms with Crippen LogP contribution < -0.4 is 10.6 Å². The van der Waals surface area contributed by atoms with Crippen LogP contribution in [-0.4, -0.2) is 62.9 Å². The lowest BCUT2D eigenvalue weighted by Gasteiger charge is -2.34. The van der Waals surface area contributed by atoms with E-state index in [1.807, 2.05) is 19.1 Å². The van der Waals surface area contributed by atoms with Gasteiger partial charge in [-0.1, -0.05) is 48.5 Å². The normalized spacial score (nSPS) is 12.6. The lowest BCUT2D eigenvalue weighted by atomic mass is 9.97. The summed E-state index contributed by atoms with van der Waals surface area (Å²) in [5.74, 6) is -1.44. The minimum absolute atomic E-state index is 0.00772. The van der Waals surface area contributed by atoms with Crippen LogP contribution in [0.3, 0.4) is 0 Å². The summed E-state index contributed by atoms with van der Waals surface area (Å²) in [6, 6.07) is 15.5. The van der Waals surface area contributed by atoms with E-state index in [-0.39, 0.29) is 30.0 Å². The maximum absolute atomic E-state index is 14.3. The average molecular weight is 578 g/mol. The number of nitrogens with one attached hydrogen (secondary N) is 2. The predicted octanol–water partition coefficient (Wildman–Crippen LogP) is 4.35. The van der Waals surface area contributed by atoms with Crippen molar-refractivity contribution in [3.8, 4) is 11.5 Å². The van der Waals surface area contributed by atoms with Gasteiger partial charge in [0.2, 0.25) is 5.91 Å². The average Bonchev–Trinajstić information content (AvgIpc) is 2.91. The summed E-state index contributed by atoms with van der Waals surface area (Å²) in [6.07, 6.45) is -0.852. The minimum atomic E-state index is -1.37. The van der Waals surface area contributed by atoms with Crippen molar-refractivity contribution >= 4 is 23.6 Å². The molecule has 3 rings (SSSR count). The molecule has 0 saturated heterocycles. The number of amides is 3. The molecule has 10 nitrogen and oxygen atoms in total. The molecule has 2 atom stereocenters. The van der Waals surface area contributed by atoms with E-state index in [4.69, 9.17) is 4.74 Å². The molecular formula is C32H39N3O7. The summed E-state index contributed by atoms with van der Waals surface area (Å²) in [7, 11) is 0. The molecule has 0 fully saturated rings. The Balaban J connectivity index is 2.09. The summed E-state index contributed by atoms with van der Waals surface area (Å²) in [5, 5.41) is 36.2. The van der Waals surface area contributed by atoms with Crippen molar-refractivity contribution in [2.45, 2.75) is 58.7 Å². The number of aliphatic hydroxyl groups excluding tert-OH is 1. The van der Waals surface area contributed by atoms with Crippen molar-refractivity contribution < 1.29 is 34.4 Å². The molecule has 3 aromatic carbocycles. The molecule has 0 aliphatic carbocycles. The number of ether oxygens (including phenoxy) is 1. The highest BCUT2D eigenvalue weighted by molar-refractivity contribution is 6.00. The molecule has 2 unspecified atom stereocenters. The van der Waals surface area contributed by atoms with E-state index in [9.17, 15) is 29.7 Å². The Hall–Kier alpha value is -4.57. The van der Waals surface area contributed by atoms with Crippen molar-refractivity contribution in [1.82, 2.24) is 10.2 Å². The van der Waals surface area contributed by atoms with E-state index in [2.05, 4.69) is 10.6 Å². The monoisotopic (exact) mass is 577 g/mol. The van der Waals surface area contributed by atoms with Gasteiger partial charge < -0.3 is 35.6 Å². The molecule has 0 spiro atoms. The molecule has 224 valence electrons. The van der Waals surface area contributed by atoms with E-state index in [1.54, 1.807) is 70.2 Å². The number of phenolic OH excluding ortho intramolecular Hbond substituents is 2. The number of anilines is 1. The van der Waals surface area contributed by atoms with Crippen LogP contribution in [0, 0.1) is 13.8 Å². The second-order valence-corrected chi connectivity index (χ2v) is 11.0. The summed E-state index contributed by atoms with van der Waals surface area (Å²) < 4.78 is 5.41. The van der Waals surface area contributed by atoms with Gasteiger partial charge in [0, 0.05) is 24.2 Å². The molecule has 10 heteroatoms. The Bertz CT molecular complexity index is 1400. The number of nitrogens with zero attached hydrogens (tertiary/aromatic N) is 1. The van der Waals surface area contributed by atoms with Crippen molar-refractivity contribution in [2.24, 2.45) is 0 Å². The first-order valence-corrected chi connectivity index (χ1v) is 13.6. The third-order valence-electron chi connectivity index (χ3n) is 6.52. The Morgan fingerprint density at radius 2 is 1.55 bits per heavy atom. The molecule has 0 radical (unpaired) electrons. The smallest absolute Gasteiger partial charge is 0.408 e. The number of carbonyl (C=O) groups excluding carboxylic acids is 3. The Kier molecular flexibility index (Phi) is 10.5. The number of rotatable bonds is 10. The van der Waals surface area contributed by atoms with Crippen molar-refractivity contribution in [3.05, 3.63) is 89.0 Å². The number of carbonyl (C=O) groups is 3. The van der Waals surface area contributed by atoms with E-state index in [0.29, 0.717) is 16.8 Å². The zero-order valence-corrected chi connectivity index (χ0v) is 24.5. The quantitative estimate of drug-likeness (QED) is 0.241. The van der Waals surface area contributed by atoms with E-state index in [1.165, 1.54) is 12.1 Å². The van der Waals surface area contributed by atoms with Crippen molar-refractivity contribution in [1.29, 1.82) is 0 Å². The van der Waals surface area contributed by atoms with Crippen LogP contribution in [0.4, 0.5) is 10.5 Å². The maximum atomic E-state index is 14.3. The second-order valence-electron chi connectivity index (χ2n) is 11.0. The van der Waals surface area contributed by atoms with E-state index < -0.39 is 42.2 Å². The Labute approximate surface area is 245 Å². The second kappa shape index (κ2) is 13.9. The predicted molar refractivity (Wildman–Crippen MR) is 159 cm³/mol. The van der Waals surface area contributed by atoms with Gasteiger partial charge in [0.1, 0.15) is 29.2 Å². The fourth-order valence-corrected chi connectivity index (χ4v) is 4.46. The number of alkyl carbamates (subject to hydrolysis) is 1. The molecule has 3 amide bonds. The first-order valence-electron chi connectivity index (χ1n) is 13.6. The number of benzene rings is 3. The molecule has 0 bridgehead atoms. The zero-order chi connectivity index (χ0) is 31.0. The molecule has 0 aliphatic heterocycles. The number of hydrogen-bond acceptors (Lipinski definition) is 7. The number of aliphatic hydroxyl groups is 1. The third kappa shape index (κ3) is 8.47. The van der Waals surface area contributed by atoms with Crippen LogP contribution in [-0.2, 0) is 20.7 Å². The van der Waals surface area contributed by atoms with Crippen LogP contribution in [0.1, 0.15) is 49.1 Å². The van der Waals surface area contributed by atoms with Gasteiger partial charge in [0.15, 0.2) is 0 Å². The molecule has 42 heavy (non-hydrogen) atoms. The van der Waals surface area contributed by atoms with Gasteiger partial charge in [-0.15, -0.1) is 0 Å². The number of para-hydroxylation sites is 2. The molecule has 0 aliphatic rings. The molecule has 0 saturated carbocycles. The summed E-state index contributed by atoms with van der Waals surface area (Å²) >= 11 is 0. The van der Waals surface area contributed by atoms with Gasteiger partial charge in [0.25, 0.3) is 5.91 Å². The fourth-order valence-electron chi connectivity index (χ4n) is 4.46. The maximum Gasteiger partial charge on any atom is 0.408 e. The largest absolute Gasteiger partial charge is 0.508 e. The van der Waals surface area contributed by atoms with Crippen LogP contribution in [0.5, 0.6) is 11.5 Å². The van der Waals surface area contributed by atoms with Crippen molar-refractivity contribution in [3.63, 3.8) is 0 Å². The van der Waals surface area contributed by atoms with Crippen LogP contribution in [0.25, 0.3) is 0 Å². The lowest BCUT2D eigenvalue weighted by molar-refractivity contribution is -0.141. The number of aromatic hydroxyl groups is 2. The van der Waals surface area contributed by atoms with Crippen LogP contribution in [0.2, 0.25) is 0 Å². The molecule has 5 N–H and O–H groups in total. The van der Waals surface area contributed by atoms with Gasteiger partial charge in [-0.3, -0.25) is 9.59 Å². The lowest BCUT2D eigenvalue weighted by Crippen LogP contribution is -2.54. The van der Waals surface area contributed by atoms with Crippen LogP contribution in [0.15, 0.2) is 66.7 Å². The molecule has 0 aromatic heterocycles. The number of phenols is 2. The highest BCUT2D eigenvalue weighted by atomic mass is 16.6. The van der Waals surface area contributed by atoms with E-state index >= 15 is 0 Å². The van der Waals surface area contributed by atoms with Gasteiger partial charge in [-0.05, 0) is 69.5 Å². The van der Waals surface area contributed by atoms with Gasteiger partial charge >= 0.3 is 6.09 Å². The van der Waals surface area contributed by atoms with Crippen LogP contribution >= 0.6 is 0 Å². The first kappa shape index (κ1) is 32.0. The number of aryl methyl sites for hydroxylation is 2. The molecular weight excluding hydrogens is 538 g/mol. The Morgan fingerprint density at radius 1 is 0.905 bits per heavy atom. The van der Waals surface area contributed by atoms with E-state index in [0.717, 1.165) is 10.5 Å². The Morgan fingerprint density at radius 3 is 2.17 bits per heavy atom. The zero-order valence-electron chi connectivity index (χ0n) is 24.5. The van der Waals surface area contributed by atoms with Gasteiger partial charge in [0.05, 0.1) is 6.61 Å². The first-order chi connectivity index (χ1) is 19.8. The SMILES string of the molecule is Cc1ccccc1NC(=O)C(c1cccc(C)c1O)N(CCO)C(=O)C(Cc1ccc(O)cc1)NC(=O)OC(C)(C)C. The molecule has 0 heterocycles. The highest BCUT2D eigenvalue weighted by Crippen LogP contribution is 2.33. The molecule has 3 aromatic rings. The summed E-state index contributed by atoms with van der Waals surface area (Å²) in [4.78, 5) is 42.2. The van der Waals surface area contributed by atoms with Crippen molar-refractivity contribution in [2.75, 3.05) is 18.5 Å². The summed E-state index contributed by atoms with van der Waals surface area (Å²) in [6.45, 7) is 7.79. The highest BCUT2D eigenvalue weighted by Gasteiger charge is 2.37. The fraction of sp³-hybridized carbons (Fsp3) is 0.344.